The van der Waals surface area contributed by atoms with Crippen molar-refractivity contribution in [2.45, 2.75) is 12.6 Å². The molecule has 0 aliphatic carbocycles. The summed E-state index contributed by atoms with van der Waals surface area (Å²) in [5.41, 5.74) is 12.4. The summed E-state index contributed by atoms with van der Waals surface area (Å²) in [4.78, 5) is 4.02. The van der Waals surface area contributed by atoms with E-state index in [1.54, 1.807) is 0 Å². The fraction of sp³-hybridized carbons (Fsp3) is 0.429. The van der Waals surface area contributed by atoms with E-state index in [1.165, 1.54) is 0 Å². The van der Waals surface area contributed by atoms with Crippen LogP contribution in [0, 0.1) is 0 Å². The van der Waals surface area contributed by atoms with E-state index in [2.05, 4.69) is 10.3 Å². The number of guanidine groups is 1. The predicted molar refractivity (Wildman–Crippen MR) is 46.6 cm³/mol. The molecule has 5 nitrogen and oxygen atoms in total. The summed E-state index contributed by atoms with van der Waals surface area (Å²) in [6, 6.07) is 0. The lowest BCUT2D eigenvalue weighted by atomic mass is 10.1. The summed E-state index contributed by atoms with van der Waals surface area (Å²) in [7, 11) is 1.96. The molecule has 0 radical (unpaired) electrons. The second-order valence-corrected chi connectivity index (χ2v) is 2.96. The third-order valence-electron chi connectivity index (χ3n) is 2.12. The quantitative estimate of drug-likeness (QED) is 0.384. The van der Waals surface area contributed by atoms with Crippen LogP contribution in [0.1, 0.15) is 6.42 Å². The third kappa shape index (κ3) is 0.902. The van der Waals surface area contributed by atoms with E-state index in [4.69, 9.17) is 11.5 Å². The Balaban J connectivity index is 2.35. The average Bonchev–Trinajstić information content (AvgIpc) is 2.33. The van der Waals surface area contributed by atoms with E-state index < -0.39 is 0 Å². The van der Waals surface area contributed by atoms with Crippen LogP contribution >= 0.6 is 0 Å². The minimum atomic E-state index is -0.276. The molecule has 5 heteroatoms. The standard InChI is InChI=1S/C7H12N5/c1-12-3-2-4-5(8)10-7(9)11-6(4)12/h3,5H,2,8H2,1H3,(H3,9,10,11)/q+1. The lowest BCUT2D eigenvalue weighted by Crippen LogP contribution is -2.42. The van der Waals surface area contributed by atoms with Crippen molar-refractivity contribution in [3.8, 4) is 0 Å². The molecule has 12 heavy (non-hydrogen) atoms. The van der Waals surface area contributed by atoms with Gasteiger partial charge in [0.15, 0.2) is 0 Å². The van der Waals surface area contributed by atoms with Gasteiger partial charge in [-0.1, -0.05) is 0 Å². The molecule has 2 heterocycles. The van der Waals surface area contributed by atoms with Crippen LogP contribution in [-0.2, 0) is 0 Å². The smallest absolute Gasteiger partial charge is 0.286 e. The van der Waals surface area contributed by atoms with E-state index in [-0.39, 0.29) is 6.17 Å². The van der Waals surface area contributed by atoms with Crippen LogP contribution in [0.15, 0.2) is 16.4 Å². The number of hydrogen-bond acceptors (Lipinski definition) is 4. The second-order valence-electron chi connectivity index (χ2n) is 2.96. The van der Waals surface area contributed by atoms with Crippen molar-refractivity contribution in [3.05, 3.63) is 11.4 Å². The first kappa shape index (κ1) is 7.30. The van der Waals surface area contributed by atoms with Gasteiger partial charge in [-0.3, -0.25) is 0 Å². The number of nitrogens with zero attached hydrogens (tertiary/aromatic N) is 2. The van der Waals surface area contributed by atoms with Crippen molar-refractivity contribution in [2.24, 2.45) is 16.5 Å². The van der Waals surface area contributed by atoms with Gasteiger partial charge in [0.25, 0.3) is 11.8 Å². The average molecular weight is 166 g/mol. The number of rotatable bonds is 0. The molecule has 0 spiro atoms. The van der Waals surface area contributed by atoms with Gasteiger partial charge < -0.3 is 11.5 Å². The van der Waals surface area contributed by atoms with Crippen molar-refractivity contribution >= 4 is 12.2 Å². The zero-order valence-corrected chi connectivity index (χ0v) is 6.91. The highest BCUT2D eigenvalue weighted by atomic mass is 15.3. The molecule has 0 bridgehead atoms. The van der Waals surface area contributed by atoms with Crippen LogP contribution in [0.3, 0.4) is 0 Å². The fourth-order valence-electron chi connectivity index (χ4n) is 1.46. The molecule has 0 amide bonds. The Morgan fingerprint density at radius 2 is 2.50 bits per heavy atom. The van der Waals surface area contributed by atoms with Crippen molar-refractivity contribution in [2.75, 3.05) is 7.05 Å². The molecule has 1 unspecified atom stereocenters. The summed E-state index contributed by atoms with van der Waals surface area (Å²) in [6.45, 7) is 0. The summed E-state index contributed by atoms with van der Waals surface area (Å²) in [5, 5.41) is 2.98. The molecular formula is C7H12N5+. The van der Waals surface area contributed by atoms with Gasteiger partial charge in [-0.15, -0.1) is 0 Å². The minimum Gasteiger partial charge on any atom is -0.350 e. The Labute approximate surface area is 70.5 Å². The number of hydrogen-bond donors (Lipinski definition) is 3. The lowest BCUT2D eigenvalue weighted by Gasteiger charge is -2.13. The van der Waals surface area contributed by atoms with Gasteiger partial charge >= 0.3 is 0 Å². The molecule has 5 N–H and O–H groups in total. The molecule has 0 fully saturated rings. The first-order valence-corrected chi connectivity index (χ1v) is 3.83. The van der Waals surface area contributed by atoms with E-state index in [0.717, 1.165) is 17.8 Å². The lowest BCUT2D eigenvalue weighted by molar-refractivity contribution is -0.441. The molecule has 64 valence electrons. The predicted octanol–water partition coefficient (Wildman–Crippen LogP) is -1.48. The van der Waals surface area contributed by atoms with Gasteiger partial charge in [0.2, 0.25) is 0 Å². The number of nitrogens with two attached hydrogens (primary N) is 2. The van der Waals surface area contributed by atoms with Crippen LogP contribution in [0.25, 0.3) is 0 Å². The topological polar surface area (TPSA) is 79.4 Å². The summed E-state index contributed by atoms with van der Waals surface area (Å²) in [6.07, 6.45) is 2.63. The van der Waals surface area contributed by atoms with Gasteiger partial charge in [0.1, 0.15) is 6.17 Å². The number of nitrogens with one attached hydrogen (secondary N) is 1. The third-order valence-corrected chi connectivity index (χ3v) is 2.12. The van der Waals surface area contributed by atoms with E-state index >= 15 is 0 Å². The SMILES string of the molecule is C[N+]1=CCC2=C1NC(N)=NC2N. The molecule has 2 aliphatic rings. The zero-order valence-electron chi connectivity index (χ0n) is 6.91. The normalized spacial score (nSPS) is 27.7. The first-order valence-electron chi connectivity index (χ1n) is 3.83. The Hall–Kier alpha value is -1.36. The van der Waals surface area contributed by atoms with Gasteiger partial charge in [-0.25, -0.2) is 14.9 Å². The number of aliphatic imine (C=N–C) groups is 1. The second kappa shape index (κ2) is 2.31. The summed E-state index contributed by atoms with van der Waals surface area (Å²) < 4.78 is 1.98. The van der Waals surface area contributed by atoms with Gasteiger partial charge in [-0.2, -0.15) is 0 Å². The Bertz CT molecular complexity index is 312. The van der Waals surface area contributed by atoms with Crippen LogP contribution in [0.2, 0.25) is 0 Å². The molecule has 0 aromatic rings. The van der Waals surface area contributed by atoms with Crippen LogP contribution < -0.4 is 16.8 Å². The van der Waals surface area contributed by atoms with Gasteiger partial charge in [0, 0.05) is 6.42 Å². The van der Waals surface area contributed by atoms with E-state index in [0.29, 0.717) is 5.96 Å². The van der Waals surface area contributed by atoms with Crippen LogP contribution in [-0.4, -0.2) is 30.0 Å². The highest BCUT2D eigenvalue weighted by Gasteiger charge is 2.30. The fourth-order valence-corrected chi connectivity index (χ4v) is 1.46. The molecule has 2 aliphatic heterocycles. The Morgan fingerprint density at radius 1 is 1.75 bits per heavy atom. The maximum Gasteiger partial charge on any atom is 0.286 e. The molecule has 0 saturated carbocycles. The zero-order chi connectivity index (χ0) is 8.72. The molecule has 0 aromatic carbocycles. The maximum absolute atomic E-state index is 5.76. The Morgan fingerprint density at radius 3 is 3.25 bits per heavy atom. The monoisotopic (exact) mass is 166 g/mol. The van der Waals surface area contributed by atoms with Crippen LogP contribution in [0.4, 0.5) is 0 Å². The maximum atomic E-state index is 5.76. The van der Waals surface area contributed by atoms with E-state index in [9.17, 15) is 0 Å². The highest BCUT2D eigenvalue weighted by molar-refractivity contribution is 5.82. The van der Waals surface area contributed by atoms with Crippen molar-refractivity contribution in [1.82, 2.24) is 5.32 Å². The molecule has 1 atom stereocenters. The largest absolute Gasteiger partial charge is 0.350 e. The van der Waals surface area contributed by atoms with Crippen molar-refractivity contribution in [1.29, 1.82) is 0 Å². The molecular weight excluding hydrogens is 154 g/mol. The van der Waals surface area contributed by atoms with Gasteiger partial charge in [0.05, 0.1) is 18.8 Å². The van der Waals surface area contributed by atoms with Crippen LogP contribution in [0.5, 0.6) is 0 Å². The minimum absolute atomic E-state index is 0.276. The van der Waals surface area contributed by atoms with Crippen molar-refractivity contribution in [3.63, 3.8) is 0 Å². The summed E-state index contributed by atoms with van der Waals surface area (Å²) in [5.74, 6) is 1.37. The highest BCUT2D eigenvalue weighted by Crippen LogP contribution is 2.18. The van der Waals surface area contributed by atoms with E-state index in [1.807, 2.05) is 17.8 Å². The van der Waals surface area contributed by atoms with Crippen molar-refractivity contribution < 1.29 is 4.58 Å². The first-order chi connectivity index (χ1) is 5.68. The summed E-state index contributed by atoms with van der Waals surface area (Å²) >= 11 is 0. The Kier molecular flexibility index (Phi) is 1.41. The molecule has 0 aromatic heterocycles. The molecule has 0 saturated heterocycles. The molecule has 2 rings (SSSR count). The van der Waals surface area contributed by atoms with Gasteiger partial charge in [-0.05, 0) is 0 Å².